The molecule has 0 radical (unpaired) electrons. The van der Waals surface area contributed by atoms with Gasteiger partial charge in [0, 0.05) is 23.2 Å². The molecule has 1 amide bonds. The first-order valence-electron chi connectivity index (χ1n) is 6.60. The first-order valence-corrected chi connectivity index (χ1v) is 6.98. The maximum absolute atomic E-state index is 12.2. The number of nitrogens with zero attached hydrogens (tertiary/aromatic N) is 1. The molecule has 4 heteroatoms. The number of benzene rings is 2. The highest BCUT2D eigenvalue weighted by Crippen LogP contribution is 2.15. The molecule has 2 aromatic carbocycles. The van der Waals surface area contributed by atoms with Gasteiger partial charge in [-0.3, -0.25) is 9.78 Å². The number of aromatic nitrogens is 1. The molecule has 0 saturated heterocycles. The van der Waals surface area contributed by atoms with Crippen LogP contribution in [0.3, 0.4) is 0 Å². The van der Waals surface area contributed by atoms with Gasteiger partial charge in [0.05, 0.1) is 0 Å². The second-order valence-electron chi connectivity index (χ2n) is 4.69. The van der Waals surface area contributed by atoms with Gasteiger partial charge < -0.3 is 5.32 Å². The van der Waals surface area contributed by atoms with Crippen molar-refractivity contribution in [3.63, 3.8) is 0 Å². The smallest absolute Gasteiger partial charge is 0.270 e. The van der Waals surface area contributed by atoms with Crippen LogP contribution < -0.4 is 5.32 Å². The van der Waals surface area contributed by atoms with Crippen molar-refractivity contribution in [2.45, 2.75) is 6.54 Å². The lowest BCUT2D eigenvalue weighted by Gasteiger charge is -2.07. The van der Waals surface area contributed by atoms with E-state index >= 15 is 0 Å². The van der Waals surface area contributed by atoms with Crippen molar-refractivity contribution in [1.29, 1.82) is 0 Å². The molecule has 0 saturated carbocycles. The molecule has 0 spiro atoms. The van der Waals surface area contributed by atoms with E-state index in [1.807, 2.05) is 42.5 Å². The summed E-state index contributed by atoms with van der Waals surface area (Å²) in [4.78, 5) is 16.4. The van der Waals surface area contributed by atoms with E-state index in [0.29, 0.717) is 17.3 Å². The number of rotatable bonds is 3. The van der Waals surface area contributed by atoms with E-state index in [1.54, 1.807) is 18.3 Å². The SMILES string of the molecule is O=C(NCc1ccccc1Cl)c1cc2ccccc2cn1. The van der Waals surface area contributed by atoms with Crippen LogP contribution in [0.15, 0.2) is 60.8 Å². The first kappa shape index (κ1) is 13.6. The Morgan fingerprint density at radius 3 is 2.57 bits per heavy atom. The number of hydrogen-bond acceptors (Lipinski definition) is 2. The molecule has 1 heterocycles. The Morgan fingerprint density at radius 2 is 1.76 bits per heavy atom. The largest absolute Gasteiger partial charge is 0.347 e. The van der Waals surface area contributed by atoms with Crippen molar-refractivity contribution in [2.75, 3.05) is 0 Å². The Hall–Kier alpha value is -2.39. The molecule has 0 aliphatic heterocycles. The number of nitrogens with one attached hydrogen (secondary N) is 1. The standard InChI is InChI=1S/C17H13ClN2O/c18-15-8-4-3-7-14(15)11-20-17(21)16-9-12-5-1-2-6-13(12)10-19-16/h1-10H,11H2,(H,20,21). The molecule has 1 N–H and O–H groups in total. The van der Waals surface area contributed by atoms with E-state index in [4.69, 9.17) is 11.6 Å². The topological polar surface area (TPSA) is 42.0 Å². The van der Waals surface area contributed by atoms with Gasteiger partial charge in [0.2, 0.25) is 0 Å². The van der Waals surface area contributed by atoms with E-state index in [2.05, 4.69) is 10.3 Å². The summed E-state index contributed by atoms with van der Waals surface area (Å²) >= 11 is 6.06. The quantitative estimate of drug-likeness (QED) is 0.798. The van der Waals surface area contributed by atoms with Crippen LogP contribution in [0.1, 0.15) is 16.1 Å². The minimum atomic E-state index is -0.208. The number of carbonyl (C=O) groups excluding carboxylic acids is 1. The van der Waals surface area contributed by atoms with Crippen molar-refractivity contribution in [1.82, 2.24) is 10.3 Å². The third-order valence-electron chi connectivity index (χ3n) is 3.26. The third-order valence-corrected chi connectivity index (χ3v) is 3.63. The Morgan fingerprint density at radius 1 is 1.05 bits per heavy atom. The third kappa shape index (κ3) is 3.03. The van der Waals surface area contributed by atoms with Gasteiger partial charge in [-0.05, 0) is 23.1 Å². The van der Waals surface area contributed by atoms with Gasteiger partial charge in [-0.1, -0.05) is 54.1 Å². The summed E-state index contributed by atoms with van der Waals surface area (Å²) in [6, 6.07) is 17.0. The molecular weight excluding hydrogens is 284 g/mol. The summed E-state index contributed by atoms with van der Waals surface area (Å²) in [7, 11) is 0. The molecule has 0 bridgehead atoms. The summed E-state index contributed by atoms with van der Waals surface area (Å²) in [6.45, 7) is 0.382. The van der Waals surface area contributed by atoms with Gasteiger partial charge >= 0.3 is 0 Å². The molecule has 0 fully saturated rings. The second-order valence-corrected chi connectivity index (χ2v) is 5.10. The van der Waals surface area contributed by atoms with Gasteiger partial charge in [-0.2, -0.15) is 0 Å². The molecule has 0 aliphatic carbocycles. The Kier molecular flexibility index (Phi) is 3.84. The number of hydrogen-bond donors (Lipinski definition) is 1. The highest BCUT2D eigenvalue weighted by Gasteiger charge is 2.08. The van der Waals surface area contributed by atoms with Crippen LogP contribution in [0.25, 0.3) is 10.8 Å². The van der Waals surface area contributed by atoms with Crippen LogP contribution in [-0.4, -0.2) is 10.9 Å². The van der Waals surface area contributed by atoms with E-state index in [1.165, 1.54) is 0 Å². The fourth-order valence-electron chi connectivity index (χ4n) is 2.12. The summed E-state index contributed by atoms with van der Waals surface area (Å²) in [5, 5.41) is 5.49. The van der Waals surface area contributed by atoms with Crippen LogP contribution >= 0.6 is 11.6 Å². The number of carbonyl (C=O) groups is 1. The molecule has 3 rings (SSSR count). The normalized spacial score (nSPS) is 10.5. The zero-order valence-corrected chi connectivity index (χ0v) is 12.0. The van der Waals surface area contributed by atoms with Gasteiger partial charge in [0.15, 0.2) is 0 Å². The molecule has 3 aromatic rings. The zero-order chi connectivity index (χ0) is 14.7. The number of pyridine rings is 1. The van der Waals surface area contributed by atoms with E-state index in [-0.39, 0.29) is 5.91 Å². The monoisotopic (exact) mass is 296 g/mol. The van der Waals surface area contributed by atoms with Crippen molar-refractivity contribution >= 4 is 28.3 Å². The number of fused-ring (bicyclic) bond motifs is 1. The first-order chi connectivity index (χ1) is 10.2. The maximum Gasteiger partial charge on any atom is 0.270 e. The van der Waals surface area contributed by atoms with Gasteiger partial charge in [0.1, 0.15) is 5.69 Å². The van der Waals surface area contributed by atoms with Gasteiger partial charge in [-0.15, -0.1) is 0 Å². The number of halogens is 1. The van der Waals surface area contributed by atoms with Crippen molar-refractivity contribution in [3.8, 4) is 0 Å². The van der Waals surface area contributed by atoms with Crippen LogP contribution in [0.2, 0.25) is 5.02 Å². The summed E-state index contributed by atoms with van der Waals surface area (Å²) in [6.07, 6.45) is 1.71. The maximum atomic E-state index is 12.2. The highest BCUT2D eigenvalue weighted by molar-refractivity contribution is 6.31. The van der Waals surface area contributed by atoms with Gasteiger partial charge in [-0.25, -0.2) is 0 Å². The average molecular weight is 297 g/mol. The zero-order valence-electron chi connectivity index (χ0n) is 11.2. The highest BCUT2D eigenvalue weighted by atomic mass is 35.5. The van der Waals surface area contributed by atoms with Crippen LogP contribution in [-0.2, 0) is 6.54 Å². The lowest BCUT2D eigenvalue weighted by Crippen LogP contribution is -2.23. The van der Waals surface area contributed by atoms with Crippen molar-refractivity contribution in [3.05, 3.63) is 77.1 Å². The number of amides is 1. The molecule has 0 unspecified atom stereocenters. The molecular formula is C17H13ClN2O. The van der Waals surface area contributed by atoms with Crippen LogP contribution in [0, 0.1) is 0 Å². The van der Waals surface area contributed by atoms with E-state index < -0.39 is 0 Å². The van der Waals surface area contributed by atoms with Crippen LogP contribution in [0.4, 0.5) is 0 Å². The minimum absolute atomic E-state index is 0.208. The Bertz CT molecular complexity index is 801. The van der Waals surface area contributed by atoms with E-state index in [9.17, 15) is 4.79 Å². The predicted octanol–water partition coefficient (Wildman–Crippen LogP) is 3.82. The molecule has 21 heavy (non-hydrogen) atoms. The summed E-state index contributed by atoms with van der Waals surface area (Å²) in [5.74, 6) is -0.208. The molecule has 0 aliphatic rings. The second kappa shape index (κ2) is 5.94. The summed E-state index contributed by atoms with van der Waals surface area (Å²) < 4.78 is 0. The average Bonchev–Trinajstić information content (AvgIpc) is 2.53. The summed E-state index contributed by atoms with van der Waals surface area (Å²) in [5.41, 5.74) is 1.29. The van der Waals surface area contributed by atoms with Crippen molar-refractivity contribution in [2.24, 2.45) is 0 Å². The molecule has 104 valence electrons. The lowest BCUT2D eigenvalue weighted by molar-refractivity contribution is 0.0946. The minimum Gasteiger partial charge on any atom is -0.347 e. The fraction of sp³-hybridized carbons (Fsp3) is 0.0588. The predicted molar refractivity (Wildman–Crippen MR) is 84.4 cm³/mol. The van der Waals surface area contributed by atoms with E-state index in [0.717, 1.165) is 16.3 Å². The molecule has 3 nitrogen and oxygen atoms in total. The Balaban J connectivity index is 1.76. The molecule has 0 atom stereocenters. The van der Waals surface area contributed by atoms with Crippen molar-refractivity contribution < 1.29 is 4.79 Å². The van der Waals surface area contributed by atoms with Gasteiger partial charge in [0.25, 0.3) is 5.91 Å². The van der Waals surface area contributed by atoms with Crippen LogP contribution in [0.5, 0.6) is 0 Å². The lowest BCUT2D eigenvalue weighted by atomic mass is 10.1. The fourth-order valence-corrected chi connectivity index (χ4v) is 2.32. The Labute approximate surface area is 127 Å². The molecule has 1 aromatic heterocycles.